The summed E-state index contributed by atoms with van der Waals surface area (Å²) in [6.07, 6.45) is 0. The molecule has 21 rings (SSSR count). The van der Waals surface area contributed by atoms with Gasteiger partial charge in [-0.3, -0.25) is 0 Å². The first kappa shape index (κ1) is 79.8. The van der Waals surface area contributed by atoms with E-state index in [1.807, 2.05) is 0 Å². The number of hydrogen-bond acceptors (Lipinski definition) is 9. The van der Waals surface area contributed by atoms with Gasteiger partial charge in [0.1, 0.15) is 46.0 Å². The van der Waals surface area contributed by atoms with Gasteiger partial charge in [0.2, 0.25) is 0 Å². The highest BCUT2D eigenvalue weighted by molar-refractivity contribution is 7.03. The van der Waals surface area contributed by atoms with Crippen LogP contribution in [0.15, 0.2) is 243 Å². The summed E-state index contributed by atoms with van der Waals surface area (Å²) >= 11 is 0. The molecule has 620 valence electrons. The van der Waals surface area contributed by atoms with Crippen molar-refractivity contribution >= 4 is 155 Å². The van der Waals surface area contributed by atoms with Crippen molar-refractivity contribution < 1.29 is 18.9 Å². The molecule has 6 aliphatic heterocycles. The quantitative estimate of drug-likeness (QED) is 0.118. The fourth-order valence-corrected chi connectivity index (χ4v) is 22.0. The Bertz CT molecular complexity index is 6890. The highest BCUT2D eigenvalue weighted by Crippen LogP contribution is 2.54. The summed E-state index contributed by atoms with van der Waals surface area (Å²) in [6, 6.07) is 93.4. The molecule has 0 atom stereocenters. The molecule has 0 aliphatic carbocycles. The van der Waals surface area contributed by atoms with Gasteiger partial charge in [0.15, 0.2) is 0 Å². The molecule has 15 aromatic rings. The fraction of sp³-hybridized carbons (Fsp3) is 0.211. The van der Waals surface area contributed by atoms with Crippen molar-refractivity contribution in [2.75, 3.05) is 24.5 Å². The molecule has 0 saturated carbocycles. The summed E-state index contributed by atoms with van der Waals surface area (Å²) in [5, 5.41) is 0. The van der Waals surface area contributed by atoms with Crippen LogP contribution in [0.1, 0.15) is 142 Å². The minimum Gasteiger partial charge on any atom is -0.458 e. The molecule has 0 unspecified atom stereocenters. The maximum atomic E-state index is 8.04. The first-order valence-corrected chi connectivity index (χ1v) is 44.7. The van der Waals surface area contributed by atoms with Crippen LogP contribution in [0.25, 0.3) is 0 Å². The van der Waals surface area contributed by atoms with Gasteiger partial charge in [-0.15, -0.1) is 0 Å². The van der Waals surface area contributed by atoms with E-state index in [4.69, 9.17) is 18.9 Å². The molecule has 0 spiro atoms. The smallest absolute Gasteiger partial charge is 0.261 e. The van der Waals surface area contributed by atoms with E-state index in [9.17, 15) is 0 Å². The summed E-state index contributed by atoms with van der Waals surface area (Å²) in [6.45, 7) is 48.3. The lowest BCUT2D eigenvalue weighted by Crippen LogP contribution is -2.65. The fourth-order valence-electron chi connectivity index (χ4n) is 22.0. The first-order valence-electron chi connectivity index (χ1n) is 44.7. The van der Waals surface area contributed by atoms with Crippen molar-refractivity contribution in [1.29, 1.82) is 0 Å². The number of nitrogens with zero attached hydrogens (tertiary/aromatic N) is 5. The highest BCUT2D eigenvalue weighted by Gasteiger charge is 2.51. The van der Waals surface area contributed by atoms with Gasteiger partial charge in [-0.05, 0) is 381 Å². The number of benzene rings is 15. The van der Waals surface area contributed by atoms with E-state index in [1.165, 1.54) is 83.4 Å². The van der Waals surface area contributed by atoms with Crippen molar-refractivity contribution in [2.45, 2.75) is 163 Å². The number of aryl methyl sites for hydroxylation is 16. The summed E-state index contributed by atoms with van der Waals surface area (Å²) in [5.74, 6) is 6.27. The zero-order chi connectivity index (χ0) is 87.6. The van der Waals surface area contributed by atoms with Crippen LogP contribution in [0.3, 0.4) is 0 Å². The normalized spacial score (nSPS) is 13.3. The molecule has 6 aliphatic rings. The van der Waals surface area contributed by atoms with Crippen LogP contribution in [0.2, 0.25) is 0 Å². The first-order chi connectivity index (χ1) is 60.1. The largest absolute Gasteiger partial charge is 0.458 e. The van der Waals surface area contributed by atoms with Crippen molar-refractivity contribution in [3.05, 3.63) is 343 Å². The Labute approximate surface area is 745 Å². The van der Waals surface area contributed by atoms with Gasteiger partial charge in [-0.25, -0.2) is 0 Å². The molecule has 0 bridgehead atoms. The van der Waals surface area contributed by atoms with Crippen LogP contribution >= 0.6 is 0 Å². The summed E-state index contributed by atoms with van der Waals surface area (Å²) in [5.41, 5.74) is 46.2. The van der Waals surface area contributed by atoms with Gasteiger partial charge in [0, 0.05) is 116 Å². The van der Waals surface area contributed by atoms with Gasteiger partial charge in [0.25, 0.3) is 20.1 Å². The Hall–Kier alpha value is -13.3. The van der Waals surface area contributed by atoms with E-state index in [0.717, 1.165) is 197 Å². The minimum atomic E-state index is -0.415. The Balaban J connectivity index is 0.886. The van der Waals surface area contributed by atoms with Crippen LogP contribution in [0, 0.1) is 111 Å². The van der Waals surface area contributed by atoms with Crippen LogP contribution in [0.4, 0.5) is 85.3 Å². The van der Waals surface area contributed by atoms with Crippen LogP contribution < -0.4 is 92.6 Å². The molecule has 6 heterocycles. The van der Waals surface area contributed by atoms with E-state index < -0.39 is 6.71 Å². The van der Waals surface area contributed by atoms with Gasteiger partial charge >= 0.3 is 0 Å². The van der Waals surface area contributed by atoms with Crippen LogP contribution in [-0.4, -0.2) is 20.1 Å². The second-order valence-corrected chi connectivity index (χ2v) is 39.6. The van der Waals surface area contributed by atoms with Crippen molar-refractivity contribution in [3.8, 4) is 46.0 Å². The number of anilines is 15. The average Bonchev–Trinajstić information content (AvgIpc) is 0.679. The van der Waals surface area contributed by atoms with Crippen LogP contribution in [-0.2, 0) is 10.8 Å². The maximum Gasteiger partial charge on any atom is 0.261 e. The molecule has 0 aromatic heterocycles. The van der Waals surface area contributed by atoms with E-state index in [-0.39, 0.29) is 24.3 Å². The summed E-state index contributed by atoms with van der Waals surface area (Å²) in [7, 11) is 0. The Morgan fingerprint density at radius 1 is 0.214 bits per heavy atom. The number of rotatable bonds is 11. The average molecular weight is 1640 g/mol. The molecular formula is C114H106B3N5O4. The minimum absolute atomic E-state index is 0.193. The molecular weight excluding hydrogens is 1540 g/mol. The molecule has 15 aromatic carbocycles. The van der Waals surface area contributed by atoms with Crippen molar-refractivity contribution in [1.82, 2.24) is 0 Å². The number of hydrogen-bond donors (Lipinski definition) is 0. The van der Waals surface area contributed by atoms with Gasteiger partial charge in [-0.2, -0.15) is 0 Å². The monoisotopic (exact) mass is 1640 g/mol. The van der Waals surface area contributed by atoms with Crippen molar-refractivity contribution in [2.24, 2.45) is 0 Å². The third kappa shape index (κ3) is 13.5. The third-order valence-corrected chi connectivity index (χ3v) is 26.4. The highest BCUT2D eigenvalue weighted by atomic mass is 16.5. The predicted molar refractivity (Wildman–Crippen MR) is 533 cm³/mol. The Kier molecular flexibility index (Phi) is 18.5. The maximum absolute atomic E-state index is 8.04. The van der Waals surface area contributed by atoms with Gasteiger partial charge < -0.3 is 43.4 Å². The molecule has 0 saturated heterocycles. The standard InChI is InChI=1S/C114H106B3N5O4/c1-63-28-64(2)37-80(36-63)118(81-38-65(3)29-66(4)39-81)88-53-99-110-100(54-88)122(87-50-77(15)35-78(16)51-87)98-62-104-96(117-109-91(114(20,21)22)24-23-25-102(109)124-107-57-90(58-108(126-104)112(107)117)120(84-44-71(9)32-72(10)45-84)85-46-73(11)33-74(12)47-85)60-93(98)115(110)92-59-95-103(61-97(92)121(99)86-48-75(13)34-76(14)49-86)125-106-56-89(55-105-111(106)116(95)94-52-79(113(17,18)19)26-27-101(94)123-105)119(82-40-67(5)30-68(6)41-82)83-42-69(7)31-70(8)43-83/h23-62H,1-22H3. The van der Waals surface area contributed by atoms with Crippen LogP contribution in [0.5, 0.6) is 46.0 Å². The molecule has 0 amide bonds. The van der Waals surface area contributed by atoms with E-state index in [0.29, 0.717) is 0 Å². The molecule has 12 heteroatoms. The second-order valence-electron chi connectivity index (χ2n) is 39.6. The zero-order valence-electron chi connectivity index (χ0n) is 76.7. The second kappa shape index (κ2) is 29.1. The van der Waals surface area contributed by atoms with Gasteiger partial charge in [-0.1, -0.05) is 126 Å². The lowest BCUT2D eigenvalue weighted by atomic mass is 9.29. The van der Waals surface area contributed by atoms with E-state index in [1.54, 1.807) is 0 Å². The van der Waals surface area contributed by atoms with E-state index >= 15 is 0 Å². The summed E-state index contributed by atoms with van der Waals surface area (Å²) < 4.78 is 31.2. The number of ether oxygens (including phenoxy) is 4. The molecule has 0 radical (unpaired) electrons. The molecule has 9 nitrogen and oxygen atoms in total. The molecule has 0 fully saturated rings. The predicted octanol–water partition coefficient (Wildman–Crippen LogP) is 25.2. The Morgan fingerprint density at radius 3 is 0.841 bits per heavy atom. The molecule has 0 N–H and O–H groups in total. The Morgan fingerprint density at radius 2 is 0.500 bits per heavy atom. The molecule has 126 heavy (non-hydrogen) atoms. The van der Waals surface area contributed by atoms with Crippen molar-refractivity contribution in [3.63, 3.8) is 0 Å². The topological polar surface area (TPSA) is 53.1 Å². The zero-order valence-corrected chi connectivity index (χ0v) is 76.7. The SMILES string of the molecule is Cc1cc(C)cc(N(c2cc(C)cc(C)c2)c2cc3c4c(c2)Oc2cc5c(cc2B4c2cc(C(C)(C)C)ccc2O3)B2c3cc4c(cc3N(c3cc(C)cc(C)c3)c3cc(N(c6cc(C)cc(C)c6)c6cc(C)cc(C)c6)cc(c32)N5c2cc(C)cc(C)c2)Oc2cc(N(c3cc(C)cc(C)c3)c3cc(C)cc(C)c3)cc3c2B4c2c(cccc2C(C)(C)C)O3)c1. The lowest BCUT2D eigenvalue weighted by molar-refractivity contribution is 0.463. The lowest BCUT2D eigenvalue weighted by Gasteiger charge is -2.46. The van der Waals surface area contributed by atoms with Gasteiger partial charge in [0.05, 0.1) is 17.1 Å². The number of fused-ring (bicyclic) bond motifs is 12. The van der Waals surface area contributed by atoms with E-state index in [2.05, 4.69) is 419 Å². The summed E-state index contributed by atoms with van der Waals surface area (Å²) in [4.78, 5) is 12.5. The third-order valence-electron chi connectivity index (χ3n) is 26.4.